The number of nitrogen functional groups attached to an aromatic ring is 5. The van der Waals surface area contributed by atoms with Crippen molar-refractivity contribution >= 4 is 73.9 Å². The second-order valence-corrected chi connectivity index (χ2v) is 30.4. The monoisotopic (exact) mass is 1700 g/mol. The van der Waals surface area contributed by atoms with Gasteiger partial charge in [-0.2, -0.15) is 97.9 Å². The molecule has 0 aliphatic heterocycles. The lowest BCUT2D eigenvalue weighted by molar-refractivity contribution is 0.357. The number of rotatable bonds is 16. The van der Waals surface area contributed by atoms with E-state index in [1.165, 1.54) is 80.6 Å². The molecule has 0 amide bonds. The number of nitrogens with zero attached hydrogens (tertiary/aromatic N) is 21. The summed E-state index contributed by atoms with van der Waals surface area (Å²) in [6, 6.07) is 30.4. The Morgan fingerprint density at radius 2 is 0.661 bits per heavy atom. The molecule has 2 aromatic carbocycles. The summed E-state index contributed by atoms with van der Waals surface area (Å²) in [5.74, 6) is 8.45. The summed E-state index contributed by atoms with van der Waals surface area (Å²) in [6.07, 6.45) is 23.6. The van der Waals surface area contributed by atoms with Crippen molar-refractivity contribution in [3.05, 3.63) is 248 Å². The van der Waals surface area contributed by atoms with Crippen LogP contribution in [0.2, 0.25) is 0 Å². The van der Waals surface area contributed by atoms with E-state index >= 15 is 0 Å². The number of nitrogens with two attached hydrogens (primary N) is 5. The van der Waals surface area contributed by atoms with Gasteiger partial charge in [0.1, 0.15) is 52.1 Å². The van der Waals surface area contributed by atoms with Gasteiger partial charge in [0, 0.05) is 75.8 Å². The molecule has 0 spiro atoms. The third-order valence-corrected chi connectivity index (χ3v) is 21.4. The van der Waals surface area contributed by atoms with Gasteiger partial charge in [0.15, 0.2) is 57.0 Å². The standard InChI is InChI=1S/C18H16FN5O.C17H15BrN6O.C17H12F3N5O.C17H21N5O.C16H19N5O/c1-10-7-14(19)5-4-12(10)8-13-9-21-24-16(13)22-18(20)23-17(24)15-6-3-11(2)25-15;1-10-5-6-14(25-10)16-23-17(19)22-15-11(9-20-24(15)16)7-12-3-2-4-13(8-18)21-12;1-8-2-3-14(26-8)16-24-17(21)23-15-9(7-22-25(15)16)4-11-12(19)5-10(18)6-13(11)20;1-11-7-8-14(23-11)16-21-17(18)20-15-13(10-19-22(15)16)9-12-5-3-2-4-6-12;1-10-6-7-13(22-10)15-20-16(17)19-14-12(9-18-21(14)15)8-11-4-2-3-5-11/h3-7,9H,8H2,1-2H3,(H2,20,22);2-6,9H,7-8H2,1H3,(H2,19,22);2-3,5-7H,4H2,1H3,(H2,21,23);7-8,10,12H,2-6,9H2,1H3,(H2,18,20);6-7,9,11H,2-5,8H2,1H3,(H2,17,19). The molecule has 20 rings (SSSR count). The van der Waals surface area contributed by atoms with E-state index in [4.69, 9.17) is 50.8 Å². The topological polar surface area (TPSA) is 424 Å². The largest absolute Gasteiger partial charge is 0.458 e. The van der Waals surface area contributed by atoms with Crippen LogP contribution in [0, 0.1) is 76.6 Å². The second kappa shape index (κ2) is 34.9. The van der Waals surface area contributed by atoms with Crippen LogP contribution < -0.4 is 28.7 Å². The molecule has 16 heterocycles. The van der Waals surface area contributed by atoms with Gasteiger partial charge in [-0.05, 0) is 162 Å². The maximum Gasteiger partial charge on any atom is 0.224 e. The van der Waals surface area contributed by atoms with Gasteiger partial charge in [0.05, 0.1) is 36.7 Å². The number of aryl methyl sites for hydroxylation is 6. The van der Waals surface area contributed by atoms with Crippen LogP contribution in [0.15, 0.2) is 162 Å². The summed E-state index contributed by atoms with van der Waals surface area (Å²) >= 11 is 3.43. The molecule has 121 heavy (non-hydrogen) atoms. The number of halogens is 5. The Kier molecular flexibility index (Phi) is 23.3. The second-order valence-electron chi connectivity index (χ2n) is 29.9. The van der Waals surface area contributed by atoms with Crippen molar-refractivity contribution in [1.82, 2.24) is 103 Å². The summed E-state index contributed by atoms with van der Waals surface area (Å²) in [6.45, 7) is 11.2. The fraction of sp³-hybridized carbons (Fsp3) is 0.271. The number of benzene rings is 2. The zero-order chi connectivity index (χ0) is 84.3. The molecule has 2 aliphatic carbocycles. The maximum absolute atomic E-state index is 13.9. The Hall–Kier alpha value is -14.1. The predicted octanol–water partition coefficient (Wildman–Crippen LogP) is 16.2. The maximum atomic E-state index is 13.9. The molecule has 16 aromatic heterocycles. The molecule has 31 nitrogen and oxygen atoms in total. The third kappa shape index (κ3) is 18.0. The zero-order valence-corrected chi connectivity index (χ0v) is 68.3. The fourth-order valence-electron chi connectivity index (χ4n) is 15.0. The molecule has 618 valence electrons. The van der Waals surface area contributed by atoms with Crippen LogP contribution in [0.5, 0.6) is 0 Å². The first-order valence-electron chi connectivity index (χ1n) is 39.2. The van der Waals surface area contributed by atoms with E-state index in [2.05, 4.69) is 96.2 Å². The van der Waals surface area contributed by atoms with Gasteiger partial charge in [-0.15, -0.1) is 0 Å². The molecule has 2 saturated carbocycles. The molecule has 0 radical (unpaired) electrons. The van der Waals surface area contributed by atoms with Gasteiger partial charge < -0.3 is 50.8 Å². The van der Waals surface area contributed by atoms with Gasteiger partial charge in [-0.25, -0.2) is 17.6 Å². The molecule has 18 aromatic rings. The van der Waals surface area contributed by atoms with Crippen LogP contribution in [0.1, 0.15) is 142 Å². The number of pyridine rings is 1. The molecular formula is C85H83BrF4N26O5. The highest BCUT2D eigenvalue weighted by molar-refractivity contribution is 9.08. The normalized spacial score (nSPS) is 13.1. The van der Waals surface area contributed by atoms with Crippen LogP contribution in [0.3, 0.4) is 0 Å². The highest BCUT2D eigenvalue weighted by Gasteiger charge is 2.26. The van der Waals surface area contributed by atoms with Crippen LogP contribution in [0.25, 0.3) is 86.2 Å². The summed E-state index contributed by atoms with van der Waals surface area (Å²) in [7, 11) is 0. The number of furan rings is 5. The van der Waals surface area contributed by atoms with Gasteiger partial charge >= 0.3 is 0 Å². The smallest absolute Gasteiger partial charge is 0.224 e. The molecule has 0 unspecified atom stereocenters. The molecule has 36 heteroatoms. The SMILES string of the molecule is Cc1ccc(-c2nc(N)nc3c(CC4CCCC4)cnn23)o1.Cc1ccc(-c2nc(N)nc3c(CC4CCCCC4)cnn23)o1.Cc1ccc(-c2nc(N)nc3c(Cc4c(F)cc(F)cc4F)cnn23)o1.Cc1ccc(-c2nc(N)nc3c(Cc4ccc(F)cc4C)cnn23)o1.Cc1ccc(-c2nc(N)nc3c(Cc4cccc(CBr)n4)cnn23)o1. The number of fused-ring (bicyclic) bond motifs is 5. The molecule has 0 saturated heterocycles. The minimum absolute atomic E-state index is 0.0386. The van der Waals surface area contributed by atoms with Crippen molar-refractivity contribution in [2.75, 3.05) is 28.7 Å². The minimum atomic E-state index is -0.981. The van der Waals surface area contributed by atoms with Gasteiger partial charge in [0.25, 0.3) is 0 Å². The van der Waals surface area contributed by atoms with E-state index in [0.29, 0.717) is 111 Å². The van der Waals surface area contributed by atoms with Gasteiger partial charge in [-0.1, -0.05) is 85.9 Å². The Morgan fingerprint density at radius 1 is 0.339 bits per heavy atom. The zero-order valence-electron chi connectivity index (χ0n) is 66.7. The summed E-state index contributed by atoms with van der Waals surface area (Å²) in [4.78, 5) is 47.5. The predicted molar refractivity (Wildman–Crippen MR) is 447 cm³/mol. The minimum Gasteiger partial charge on any atom is -0.458 e. The van der Waals surface area contributed by atoms with E-state index < -0.39 is 17.5 Å². The van der Waals surface area contributed by atoms with Crippen LogP contribution in [-0.4, -0.2) is 103 Å². The van der Waals surface area contributed by atoms with Crippen molar-refractivity contribution in [3.63, 3.8) is 0 Å². The van der Waals surface area contributed by atoms with Gasteiger partial charge in [0.2, 0.25) is 58.9 Å². The van der Waals surface area contributed by atoms with Crippen molar-refractivity contribution in [2.24, 2.45) is 11.8 Å². The van der Waals surface area contributed by atoms with E-state index in [1.807, 2.05) is 114 Å². The molecule has 2 fully saturated rings. The van der Waals surface area contributed by atoms with Gasteiger partial charge in [-0.3, -0.25) is 4.98 Å². The molecular weight excluding hydrogens is 1620 g/mol. The summed E-state index contributed by atoms with van der Waals surface area (Å²) in [5.41, 5.74) is 40.6. The van der Waals surface area contributed by atoms with E-state index in [0.717, 1.165) is 104 Å². The first-order valence-corrected chi connectivity index (χ1v) is 40.3. The average Bonchev–Trinajstić information content (AvgIpc) is 1.68. The Balaban J connectivity index is 0.000000113. The van der Waals surface area contributed by atoms with Crippen LogP contribution in [-0.2, 0) is 37.4 Å². The highest BCUT2D eigenvalue weighted by Crippen LogP contribution is 2.35. The van der Waals surface area contributed by atoms with E-state index in [-0.39, 0.29) is 53.2 Å². The molecule has 0 bridgehead atoms. The molecule has 10 N–H and O–H groups in total. The lowest BCUT2D eigenvalue weighted by Gasteiger charge is -2.20. The van der Waals surface area contributed by atoms with Crippen molar-refractivity contribution in [1.29, 1.82) is 0 Å². The lowest BCUT2D eigenvalue weighted by Crippen LogP contribution is -2.10. The third-order valence-electron chi connectivity index (χ3n) is 20.8. The van der Waals surface area contributed by atoms with E-state index in [1.54, 1.807) is 55.6 Å². The average molecular weight is 1700 g/mol. The Bertz CT molecular complexity index is 6750. The van der Waals surface area contributed by atoms with Crippen LogP contribution >= 0.6 is 15.9 Å². The number of hydrogen-bond donors (Lipinski definition) is 5. The van der Waals surface area contributed by atoms with Crippen molar-refractivity contribution < 1.29 is 39.6 Å². The summed E-state index contributed by atoms with van der Waals surface area (Å²) < 4.78 is 90.6. The van der Waals surface area contributed by atoms with Crippen LogP contribution in [0.4, 0.5) is 47.3 Å². The number of anilines is 5. The summed E-state index contributed by atoms with van der Waals surface area (Å²) in [5, 5.41) is 22.7. The molecule has 2 aliphatic rings. The quantitative estimate of drug-likeness (QED) is 0.0443. The van der Waals surface area contributed by atoms with Crippen molar-refractivity contribution in [3.8, 4) is 57.9 Å². The van der Waals surface area contributed by atoms with E-state index in [9.17, 15) is 17.6 Å². The Morgan fingerprint density at radius 3 is 1.00 bits per heavy atom. The lowest BCUT2D eigenvalue weighted by atomic mass is 9.85. The number of hydrogen-bond acceptors (Lipinski definition) is 26. The molecule has 0 atom stereocenters. The fourth-order valence-corrected chi connectivity index (χ4v) is 15.4. The first kappa shape index (κ1) is 80.7. The number of alkyl halides is 1. The first-order chi connectivity index (χ1) is 58.5. The highest BCUT2D eigenvalue weighted by atomic mass is 79.9. The van der Waals surface area contributed by atoms with Crippen molar-refractivity contribution in [2.45, 2.75) is 137 Å². The number of aromatic nitrogens is 21. The Labute approximate surface area is 696 Å².